The molecule has 0 aromatic heterocycles. The zero-order valence-electron chi connectivity index (χ0n) is 28.2. The van der Waals surface area contributed by atoms with Crippen molar-refractivity contribution in [1.82, 2.24) is 0 Å². The molecule has 0 saturated carbocycles. The summed E-state index contributed by atoms with van der Waals surface area (Å²) in [6.07, 6.45) is 0. The fraction of sp³-hybridized carbons (Fsp3) is 0.182. The molecule has 0 fully saturated rings. The highest BCUT2D eigenvalue weighted by molar-refractivity contribution is 9.10. The Bertz CT molecular complexity index is 2050. The molecule has 0 radical (unpaired) electrons. The van der Waals surface area contributed by atoms with Crippen molar-refractivity contribution in [1.29, 1.82) is 0 Å². The Labute approximate surface area is 283 Å². The smallest absolute Gasteiger partial charge is 0.0547 e. The maximum Gasteiger partial charge on any atom is 0.0547 e. The van der Waals surface area contributed by atoms with Crippen molar-refractivity contribution < 1.29 is 0 Å². The maximum absolute atomic E-state index is 3.92. The van der Waals surface area contributed by atoms with Gasteiger partial charge in [-0.1, -0.05) is 123 Å². The summed E-state index contributed by atoms with van der Waals surface area (Å²) in [7, 11) is 0. The summed E-state index contributed by atoms with van der Waals surface area (Å²) >= 11 is 3.92. The van der Waals surface area contributed by atoms with E-state index in [2.05, 4.69) is 185 Å². The lowest BCUT2D eigenvalue weighted by molar-refractivity contribution is 1.21. The molecule has 6 aromatic rings. The van der Waals surface area contributed by atoms with E-state index in [9.17, 15) is 0 Å². The van der Waals surface area contributed by atoms with Crippen molar-refractivity contribution in [2.45, 2.75) is 55.4 Å². The number of halogens is 1. The quantitative estimate of drug-likeness (QED) is 0.171. The molecule has 0 unspecified atom stereocenters. The van der Waals surface area contributed by atoms with E-state index in [1.54, 1.807) is 0 Å². The SMILES string of the molecule is Cc1ccc(-c2c(-c3ccccc3Br)ccc(N(c3ccc(C)cc3C)c3ccc(C)cc3C)c2-c2ccc(C)cc2C)c(C)c1. The first-order valence-corrected chi connectivity index (χ1v) is 16.8. The van der Waals surface area contributed by atoms with Crippen molar-refractivity contribution >= 4 is 33.0 Å². The van der Waals surface area contributed by atoms with Gasteiger partial charge in [-0.25, -0.2) is 0 Å². The molecule has 0 aliphatic heterocycles. The summed E-state index contributed by atoms with van der Waals surface area (Å²) in [4.78, 5) is 2.50. The number of anilines is 3. The maximum atomic E-state index is 3.92. The van der Waals surface area contributed by atoms with Gasteiger partial charge < -0.3 is 4.90 Å². The molecule has 0 saturated heterocycles. The number of nitrogens with zero attached hydrogens (tertiary/aromatic N) is 1. The minimum atomic E-state index is 1.08. The molecule has 46 heavy (non-hydrogen) atoms. The van der Waals surface area contributed by atoms with Crippen LogP contribution in [-0.2, 0) is 0 Å². The van der Waals surface area contributed by atoms with Crippen molar-refractivity contribution in [3.63, 3.8) is 0 Å². The predicted molar refractivity (Wildman–Crippen MR) is 203 cm³/mol. The molecule has 0 N–H and O–H groups in total. The van der Waals surface area contributed by atoms with Gasteiger partial charge in [0.05, 0.1) is 5.69 Å². The van der Waals surface area contributed by atoms with E-state index in [0.717, 1.165) is 10.2 Å². The molecule has 0 atom stereocenters. The molecule has 2 heteroatoms. The first-order chi connectivity index (χ1) is 22.0. The molecule has 1 nitrogen and oxygen atoms in total. The van der Waals surface area contributed by atoms with Crippen molar-refractivity contribution in [2.24, 2.45) is 0 Å². The second-order valence-corrected chi connectivity index (χ2v) is 13.8. The molecule has 0 bridgehead atoms. The van der Waals surface area contributed by atoms with E-state index in [4.69, 9.17) is 0 Å². The minimum absolute atomic E-state index is 1.08. The van der Waals surface area contributed by atoms with Crippen LogP contribution in [0, 0.1) is 55.4 Å². The van der Waals surface area contributed by atoms with Gasteiger partial charge in [0.25, 0.3) is 0 Å². The molecular weight excluding hydrogens is 622 g/mol. The summed E-state index contributed by atoms with van der Waals surface area (Å²) in [5.41, 5.74) is 20.9. The largest absolute Gasteiger partial charge is 0.309 e. The first kappa shape index (κ1) is 31.6. The molecule has 0 aliphatic rings. The number of rotatable bonds is 6. The van der Waals surface area contributed by atoms with Crippen LogP contribution in [0.15, 0.2) is 114 Å². The average molecular weight is 665 g/mol. The van der Waals surface area contributed by atoms with E-state index < -0.39 is 0 Å². The topological polar surface area (TPSA) is 3.24 Å². The zero-order chi connectivity index (χ0) is 32.7. The van der Waals surface area contributed by atoms with Crippen LogP contribution in [0.1, 0.15) is 44.5 Å². The Balaban J connectivity index is 1.84. The summed E-state index contributed by atoms with van der Waals surface area (Å²) < 4.78 is 1.08. The summed E-state index contributed by atoms with van der Waals surface area (Å²) in [5, 5.41) is 0. The normalized spacial score (nSPS) is 11.2. The van der Waals surface area contributed by atoms with Gasteiger partial charge >= 0.3 is 0 Å². The minimum Gasteiger partial charge on any atom is -0.309 e. The summed E-state index contributed by atoms with van der Waals surface area (Å²) in [6.45, 7) is 17.7. The zero-order valence-corrected chi connectivity index (χ0v) is 29.8. The molecule has 6 aromatic carbocycles. The fourth-order valence-electron chi connectivity index (χ4n) is 6.92. The summed E-state index contributed by atoms with van der Waals surface area (Å²) in [5.74, 6) is 0. The van der Waals surface area contributed by atoms with Crippen LogP contribution in [0.4, 0.5) is 17.1 Å². The van der Waals surface area contributed by atoms with Crippen LogP contribution in [0.2, 0.25) is 0 Å². The predicted octanol–water partition coefficient (Wildman–Crippen LogP) is 13.4. The van der Waals surface area contributed by atoms with Crippen LogP contribution in [0.25, 0.3) is 33.4 Å². The lowest BCUT2D eigenvalue weighted by atomic mass is 9.82. The van der Waals surface area contributed by atoms with Gasteiger partial charge in [-0.05, 0) is 130 Å². The molecule has 6 rings (SSSR count). The van der Waals surface area contributed by atoms with Gasteiger partial charge in [0.2, 0.25) is 0 Å². The van der Waals surface area contributed by atoms with E-state index in [0.29, 0.717) is 0 Å². The third-order valence-electron chi connectivity index (χ3n) is 9.08. The van der Waals surface area contributed by atoms with Gasteiger partial charge in [-0.3, -0.25) is 0 Å². The Morgan fingerprint density at radius 2 is 0.783 bits per heavy atom. The van der Waals surface area contributed by atoms with Crippen molar-refractivity contribution in [3.8, 4) is 33.4 Å². The lowest BCUT2D eigenvalue weighted by Gasteiger charge is -2.33. The van der Waals surface area contributed by atoms with Crippen molar-refractivity contribution in [2.75, 3.05) is 4.90 Å². The highest BCUT2D eigenvalue weighted by Gasteiger charge is 2.27. The monoisotopic (exact) mass is 663 g/mol. The fourth-order valence-corrected chi connectivity index (χ4v) is 7.42. The van der Waals surface area contributed by atoms with Crippen LogP contribution in [0.5, 0.6) is 0 Å². The third kappa shape index (κ3) is 5.95. The Hall–Kier alpha value is -4.40. The number of aryl methyl sites for hydroxylation is 8. The van der Waals surface area contributed by atoms with Crippen LogP contribution in [-0.4, -0.2) is 0 Å². The Morgan fingerprint density at radius 1 is 0.370 bits per heavy atom. The average Bonchev–Trinajstić information content (AvgIpc) is 3.00. The number of benzene rings is 6. The molecule has 0 aliphatic carbocycles. The highest BCUT2D eigenvalue weighted by Crippen LogP contribution is 2.52. The molecule has 0 heterocycles. The van der Waals surface area contributed by atoms with Gasteiger partial charge in [-0.15, -0.1) is 0 Å². The number of hydrogen-bond donors (Lipinski definition) is 0. The second kappa shape index (κ2) is 12.8. The lowest BCUT2D eigenvalue weighted by Crippen LogP contribution is -2.15. The van der Waals surface area contributed by atoms with E-state index in [1.165, 1.54) is 89.3 Å². The van der Waals surface area contributed by atoms with Crippen LogP contribution in [0.3, 0.4) is 0 Å². The molecule has 0 spiro atoms. The van der Waals surface area contributed by atoms with Gasteiger partial charge in [0.15, 0.2) is 0 Å². The third-order valence-corrected chi connectivity index (χ3v) is 9.77. The standard InChI is InChI=1S/C44H42BrN/c1-27-13-17-35(31(5)23-27)43-38(37-11-9-10-12-39(37)45)19-22-42(44(43)36-18-14-28(2)24-32(36)6)46(40-20-15-29(3)25-33(40)7)41-21-16-30(4)26-34(41)8/h9-26H,1-8H3. The van der Waals surface area contributed by atoms with Gasteiger partial charge in [0.1, 0.15) is 0 Å². The van der Waals surface area contributed by atoms with Gasteiger partial charge in [-0.2, -0.15) is 0 Å². The van der Waals surface area contributed by atoms with Crippen molar-refractivity contribution in [3.05, 3.63) is 158 Å². The first-order valence-electron chi connectivity index (χ1n) is 16.0. The molecular formula is C44H42BrN. The second-order valence-electron chi connectivity index (χ2n) is 12.9. The molecule has 0 amide bonds. The van der Waals surface area contributed by atoms with Crippen LogP contribution >= 0.6 is 15.9 Å². The highest BCUT2D eigenvalue weighted by atomic mass is 79.9. The van der Waals surface area contributed by atoms with Crippen LogP contribution < -0.4 is 4.90 Å². The van der Waals surface area contributed by atoms with E-state index >= 15 is 0 Å². The van der Waals surface area contributed by atoms with E-state index in [1.807, 2.05) is 0 Å². The summed E-state index contributed by atoms with van der Waals surface area (Å²) in [6, 6.07) is 40.6. The Morgan fingerprint density at radius 3 is 1.26 bits per heavy atom. The molecule has 230 valence electrons. The number of hydrogen-bond acceptors (Lipinski definition) is 1. The van der Waals surface area contributed by atoms with Gasteiger partial charge in [0, 0.05) is 21.4 Å². The van der Waals surface area contributed by atoms with E-state index in [-0.39, 0.29) is 0 Å². The Kier molecular flexibility index (Phi) is 8.77.